The van der Waals surface area contributed by atoms with Gasteiger partial charge in [0.15, 0.2) is 5.75 Å². The van der Waals surface area contributed by atoms with Gasteiger partial charge in [0.2, 0.25) is 0 Å². The van der Waals surface area contributed by atoms with Crippen molar-refractivity contribution >= 4 is 5.69 Å². The lowest BCUT2D eigenvalue weighted by Gasteiger charge is -2.15. The van der Waals surface area contributed by atoms with E-state index in [-0.39, 0.29) is 0 Å². The minimum Gasteiger partial charge on any atom is -0.455 e. The number of nitrogen functional groups attached to an aromatic ring is 1. The summed E-state index contributed by atoms with van der Waals surface area (Å²) in [5, 5.41) is 8.97. The van der Waals surface area contributed by atoms with E-state index < -0.39 is 0 Å². The average Bonchev–Trinajstić information content (AvgIpc) is 2.41. The summed E-state index contributed by atoms with van der Waals surface area (Å²) in [6.45, 7) is 4.22. The topological polar surface area (TPSA) is 59.0 Å². The van der Waals surface area contributed by atoms with E-state index in [4.69, 9.17) is 15.7 Å². The Labute approximate surface area is 113 Å². The summed E-state index contributed by atoms with van der Waals surface area (Å²) in [6, 6.07) is 15.1. The van der Waals surface area contributed by atoms with Gasteiger partial charge in [-0.2, -0.15) is 5.26 Å². The Hall–Kier alpha value is -2.47. The van der Waals surface area contributed by atoms with Crippen LogP contribution >= 0.6 is 0 Å². The van der Waals surface area contributed by atoms with Crippen LogP contribution in [0.3, 0.4) is 0 Å². The van der Waals surface area contributed by atoms with Gasteiger partial charge in [-0.25, -0.2) is 0 Å². The van der Waals surface area contributed by atoms with Gasteiger partial charge in [0.05, 0.1) is 11.3 Å². The minimum absolute atomic E-state index is 0.358. The molecule has 0 aromatic heterocycles. The second-order valence-corrected chi connectivity index (χ2v) is 4.62. The summed E-state index contributed by atoms with van der Waals surface area (Å²) >= 11 is 0. The van der Waals surface area contributed by atoms with E-state index in [0.717, 1.165) is 11.3 Å². The van der Waals surface area contributed by atoms with Crippen molar-refractivity contribution in [3.05, 3.63) is 53.6 Å². The number of nitrogens with two attached hydrogens (primary N) is 1. The molecule has 3 nitrogen and oxygen atoms in total. The molecule has 0 unspecified atom stereocenters. The average molecular weight is 252 g/mol. The van der Waals surface area contributed by atoms with E-state index in [1.54, 1.807) is 18.2 Å². The van der Waals surface area contributed by atoms with Gasteiger partial charge in [-0.3, -0.25) is 0 Å². The molecule has 0 bridgehead atoms. The van der Waals surface area contributed by atoms with Crippen molar-refractivity contribution in [1.82, 2.24) is 0 Å². The highest BCUT2D eigenvalue weighted by Crippen LogP contribution is 2.34. The van der Waals surface area contributed by atoms with E-state index in [1.165, 1.54) is 0 Å². The Morgan fingerprint density at radius 2 is 1.74 bits per heavy atom. The third-order valence-corrected chi connectivity index (χ3v) is 2.95. The molecule has 0 spiro atoms. The van der Waals surface area contributed by atoms with E-state index in [9.17, 15) is 0 Å². The molecule has 2 rings (SSSR count). The standard InChI is InChI=1S/C16H16N2O/c1-11(2)13-7-3-4-8-14(13)19-15-9-5-6-12(10-17)16(15)18/h3-9,11H,18H2,1-2H3. The maximum absolute atomic E-state index is 8.97. The lowest BCUT2D eigenvalue weighted by atomic mass is 10.0. The van der Waals surface area contributed by atoms with Crippen molar-refractivity contribution in [2.24, 2.45) is 0 Å². The molecule has 0 aliphatic rings. The number of nitriles is 1. The van der Waals surface area contributed by atoms with E-state index in [0.29, 0.717) is 22.9 Å². The van der Waals surface area contributed by atoms with Crippen molar-refractivity contribution in [3.63, 3.8) is 0 Å². The lowest BCUT2D eigenvalue weighted by molar-refractivity contribution is 0.475. The van der Waals surface area contributed by atoms with E-state index in [1.807, 2.05) is 24.3 Å². The van der Waals surface area contributed by atoms with Gasteiger partial charge in [-0.05, 0) is 29.7 Å². The molecule has 96 valence electrons. The molecule has 0 aliphatic heterocycles. The predicted molar refractivity (Wildman–Crippen MR) is 76.2 cm³/mol. The zero-order valence-electron chi connectivity index (χ0n) is 11.1. The fraction of sp³-hybridized carbons (Fsp3) is 0.188. The third-order valence-electron chi connectivity index (χ3n) is 2.95. The molecule has 0 fully saturated rings. The number of para-hydroxylation sites is 2. The first-order valence-electron chi connectivity index (χ1n) is 6.19. The third kappa shape index (κ3) is 2.69. The molecular formula is C16H16N2O. The number of hydrogen-bond donors (Lipinski definition) is 1. The van der Waals surface area contributed by atoms with Crippen LogP contribution in [0.2, 0.25) is 0 Å². The highest BCUT2D eigenvalue weighted by Gasteiger charge is 2.11. The molecule has 2 N–H and O–H groups in total. The number of rotatable bonds is 3. The largest absolute Gasteiger partial charge is 0.455 e. The zero-order chi connectivity index (χ0) is 13.8. The summed E-state index contributed by atoms with van der Waals surface area (Å²) in [4.78, 5) is 0. The molecule has 0 atom stereocenters. The summed E-state index contributed by atoms with van der Waals surface area (Å²) in [5.41, 5.74) is 7.84. The molecule has 0 saturated carbocycles. The number of ether oxygens (including phenoxy) is 1. The number of anilines is 1. The van der Waals surface area contributed by atoms with Crippen LogP contribution < -0.4 is 10.5 Å². The molecule has 2 aromatic carbocycles. The monoisotopic (exact) mass is 252 g/mol. The van der Waals surface area contributed by atoms with Crippen molar-refractivity contribution in [2.75, 3.05) is 5.73 Å². The first-order valence-corrected chi connectivity index (χ1v) is 6.19. The zero-order valence-corrected chi connectivity index (χ0v) is 11.1. The van der Waals surface area contributed by atoms with Crippen molar-refractivity contribution in [1.29, 1.82) is 5.26 Å². The Morgan fingerprint density at radius 1 is 1.05 bits per heavy atom. The van der Waals surface area contributed by atoms with Gasteiger partial charge in [0.1, 0.15) is 11.8 Å². The van der Waals surface area contributed by atoms with E-state index in [2.05, 4.69) is 19.9 Å². The Kier molecular flexibility index (Phi) is 3.72. The van der Waals surface area contributed by atoms with Crippen LogP contribution in [0.4, 0.5) is 5.69 Å². The maximum Gasteiger partial charge on any atom is 0.151 e. The van der Waals surface area contributed by atoms with Crippen LogP contribution in [0.5, 0.6) is 11.5 Å². The number of benzene rings is 2. The highest BCUT2D eigenvalue weighted by atomic mass is 16.5. The minimum atomic E-state index is 0.358. The van der Waals surface area contributed by atoms with Crippen LogP contribution in [0, 0.1) is 11.3 Å². The SMILES string of the molecule is CC(C)c1ccccc1Oc1cccc(C#N)c1N. The molecule has 19 heavy (non-hydrogen) atoms. The smallest absolute Gasteiger partial charge is 0.151 e. The Balaban J connectivity index is 2.40. The van der Waals surface area contributed by atoms with Crippen LogP contribution in [0.1, 0.15) is 30.9 Å². The molecule has 0 saturated heterocycles. The van der Waals surface area contributed by atoms with Crippen LogP contribution in [-0.4, -0.2) is 0 Å². The first-order chi connectivity index (χ1) is 9.13. The molecular weight excluding hydrogens is 236 g/mol. The van der Waals surface area contributed by atoms with Crippen molar-refractivity contribution < 1.29 is 4.74 Å². The summed E-state index contributed by atoms with van der Waals surface area (Å²) in [7, 11) is 0. The normalized spacial score (nSPS) is 10.2. The van der Waals surface area contributed by atoms with Crippen LogP contribution in [0.25, 0.3) is 0 Å². The Morgan fingerprint density at radius 3 is 2.42 bits per heavy atom. The highest BCUT2D eigenvalue weighted by molar-refractivity contribution is 5.64. The fourth-order valence-corrected chi connectivity index (χ4v) is 1.90. The van der Waals surface area contributed by atoms with Gasteiger partial charge in [-0.1, -0.05) is 38.1 Å². The van der Waals surface area contributed by atoms with Gasteiger partial charge in [-0.15, -0.1) is 0 Å². The second kappa shape index (κ2) is 5.45. The van der Waals surface area contributed by atoms with E-state index >= 15 is 0 Å². The van der Waals surface area contributed by atoms with Crippen molar-refractivity contribution in [2.45, 2.75) is 19.8 Å². The number of hydrogen-bond acceptors (Lipinski definition) is 3. The molecule has 3 heteroatoms. The second-order valence-electron chi connectivity index (χ2n) is 4.62. The van der Waals surface area contributed by atoms with Gasteiger partial charge in [0, 0.05) is 0 Å². The molecule has 0 heterocycles. The molecule has 0 aliphatic carbocycles. The number of nitrogens with zero attached hydrogens (tertiary/aromatic N) is 1. The van der Waals surface area contributed by atoms with Gasteiger partial charge >= 0.3 is 0 Å². The maximum atomic E-state index is 8.97. The van der Waals surface area contributed by atoms with Crippen LogP contribution in [-0.2, 0) is 0 Å². The molecule has 0 radical (unpaired) electrons. The first kappa shape index (κ1) is 13.0. The Bertz CT molecular complexity index is 627. The van der Waals surface area contributed by atoms with Crippen LogP contribution in [0.15, 0.2) is 42.5 Å². The predicted octanol–water partition coefficient (Wildman–Crippen LogP) is 4.06. The fourth-order valence-electron chi connectivity index (χ4n) is 1.90. The summed E-state index contributed by atoms with van der Waals surface area (Å²) in [5.74, 6) is 1.66. The summed E-state index contributed by atoms with van der Waals surface area (Å²) < 4.78 is 5.87. The van der Waals surface area contributed by atoms with Gasteiger partial charge < -0.3 is 10.5 Å². The quantitative estimate of drug-likeness (QED) is 0.838. The van der Waals surface area contributed by atoms with Crippen molar-refractivity contribution in [3.8, 4) is 17.6 Å². The molecule has 0 amide bonds. The summed E-state index contributed by atoms with van der Waals surface area (Å²) in [6.07, 6.45) is 0. The molecule has 2 aromatic rings. The van der Waals surface area contributed by atoms with Gasteiger partial charge in [0.25, 0.3) is 0 Å². The lowest BCUT2D eigenvalue weighted by Crippen LogP contribution is -1.98.